The van der Waals surface area contributed by atoms with Crippen LogP contribution in [0.4, 0.5) is 4.39 Å². The first kappa shape index (κ1) is 13.0. The number of benzene rings is 1. The Morgan fingerprint density at radius 3 is 2.56 bits per heavy atom. The highest BCUT2D eigenvalue weighted by Gasteiger charge is 1.97. The molecule has 1 N–H and O–H groups in total. The Bertz CT molecular complexity index is 324. The largest absolute Gasteiger partial charge is 0.481 e. The zero-order chi connectivity index (χ0) is 11.8. The molecule has 0 atom stereocenters. The summed E-state index contributed by atoms with van der Waals surface area (Å²) in [4.78, 5) is 10.2. The maximum Gasteiger partial charge on any atom is 0.303 e. The number of aliphatic carboxylic acids is 1. The Hall–Kier alpha value is -1.03. The molecule has 2 nitrogen and oxygen atoms in total. The average molecular weight is 242 g/mol. The first-order valence-corrected chi connectivity index (χ1v) is 6.38. The molecule has 1 rings (SSSR count). The van der Waals surface area contributed by atoms with Gasteiger partial charge in [0.1, 0.15) is 5.82 Å². The minimum Gasteiger partial charge on any atom is -0.481 e. The van der Waals surface area contributed by atoms with Crippen LogP contribution in [0.15, 0.2) is 24.3 Å². The second-order valence-electron chi connectivity index (χ2n) is 3.53. The Kier molecular flexibility index (Phi) is 5.93. The molecule has 0 bridgehead atoms. The zero-order valence-corrected chi connectivity index (χ0v) is 9.80. The molecular formula is C12H15FO2S. The second-order valence-corrected chi connectivity index (χ2v) is 4.64. The molecule has 1 aromatic carbocycles. The van der Waals surface area contributed by atoms with Crippen molar-refractivity contribution < 1.29 is 14.3 Å². The summed E-state index contributed by atoms with van der Waals surface area (Å²) in [6.07, 6.45) is 1.89. The number of thioether (sulfide) groups is 1. The van der Waals surface area contributed by atoms with E-state index in [-0.39, 0.29) is 12.2 Å². The molecule has 0 saturated heterocycles. The second kappa shape index (κ2) is 7.28. The van der Waals surface area contributed by atoms with E-state index in [4.69, 9.17) is 5.11 Å². The van der Waals surface area contributed by atoms with Gasteiger partial charge in [0.15, 0.2) is 0 Å². The fourth-order valence-electron chi connectivity index (χ4n) is 1.25. The highest BCUT2D eigenvalue weighted by atomic mass is 32.2. The van der Waals surface area contributed by atoms with Crippen molar-refractivity contribution in [1.29, 1.82) is 0 Å². The van der Waals surface area contributed by atoms with Gasteiger partial charge in [-0.25, -0.2) is 4.39 Å². The van der Waals surface area contributed by atoms with Crippen molar-refractivity contribution in [2.75, 3.05) is 5.75 Å². The number of carboxylic acid groups (broad SMARTS) is 1. The van der Waals surface area contributed by atoms with E-state index in [1.165, 1.54) is 12.1 Å². The van der Waals surface area contributed by atoms with Gasteiger partial charge in [0, 0.05) is 12.2 Å². The van der Waals surface area contributed by atoms with Crippen LogP contribution >= 0.6 is 11.8 Å². The van der Waals surface area contributed by atoms with Crippen molar-refractivity contribution in [2.24, 2.45) is 0 Å². The van der Waals surface area contributed by atoms with Crippen molar-refractivity contribution in [3.8, 4) is 0 Å². The number of unbranched alkanes of at least 4 members (excludes halogenated alkanes) is 1. The predicted octanol–water partition coefficient (Wildman–Crippen LogP) is 3.31. The number of rotatable bonds is 7. The van der Waals surface area contributed by atoms with Crippen LogP contribution in [0.25, 0.3) is 0 Å². The minimum atomic E-state index is -0.733. The van der Waals surface area contributed by atoms with E-state index in [0.717, 1.165) is 29.9 Å². The van der Waals surface area contributed by atoms with Gasteiger partial charge in [-0.3, -0.25) is 4.79 Å². The molecule has 0 spiro atoms. The Labute approximate surface area is 98.9 Å². The van der Waals surface area contributed by atoms with Gasteiger partial charge in [0.05, 0.1) is 0 Å². The summed E-state index contributed by atoms with van der Waals surface area (Å²) in [5.74, 6) is 0.858. The van der Waals surface area contributed by atoms with Crippen molar-refractivity contribution in [3.63, 3.8) is 0 Å². The molecule has 0 aromatic heterocycles. The highest BCUT2D eigenvalue weighted by molar-refractivity contribution is 7.98. The molecule has 0 fully saturated rings. The smallest absolute Gasteiger partial charge is 0.303 e. The van der Waals surface area contributed by atoms with Gasteiger partial charge < -0.3 is 5.11 Å². The molecule has 0 aliphatic rings. The maximum absolute atomic E-state index is 12.6. The van der Waals surface area contributed by atoms with E-state index in [1.54, 1.807) is 23.9 Å². The van der Waals surface area contributed by atoms with E-state index in [9.17, 15) is 9.18 Å². The monoisotopic (exact) mass is 242 g/mol. The van der Waals surface area contributed by atoms with Crippen LogP contribution < -0.4 is 0 Å². The van der Waals surface area contributed by atoms with Gasteiger partial charge in [0.25, 0.3) is 0 Å². The Morgan fingerprint density at radius 2 is 1.94 bits per heavy atom. The zero-order valence-electron chi connectivity index (χ0n) is 8.99. The van der Waals surface area contributed by atoms with Crippen molar-refractivity contribution >= 4 is 17.7 Å². The summed E-state index contributed by atoms with van der Waals surface area (Å²) in [6.45, 7) is 0. The lowest BCUT2D eigenvalue weighted by atomic mass is 10.2. The molecule has 0 aliphatic carbocycles. The van der Waals surface area contributed by atoms with Gasteiger partial charge >= 0.3 is 5.97 Å². The number of carbonyl (C=O) groups is 1. The normalized spacial score (nSPS) is 10.3. The molecule has 0 aliphatic heterocycles. The standard InChI is InChI=1S/C12H15FO2S/c13-11-6-4-10(5-7-11)9-16-8-2-1-3-12(14)15/h4-7H,1-3,8-9H2,(H,14,15). The number of halogens is 1. The Balaban J connectivity index is 2.07. The number of hydrogen-bond acceptors (Lipinski definition) is 2. The van der Waals surface area contributed by atoms with E-state index < -0.39 is 5.97 Å². The molecule has 0 unspecified atom stereocenters. The predicted molar refractivity (Wildman–Crippen MR) is 64.0 cm³/mol. The third-order valence-electron chi connectivity index (χ3n) is 2.11. The number of carboxylic acids is 1. The van der Waals surface area contributed by atoms with Gasteiger partial charge in [-0.05, 0) is 36.3 Å². The summed E-state index contributed by atoms with van der Waals surface area (Å²) in [7, 11) is 0. The molecular weight excluding hydrogens is 227 g/mol. The molecule has 0 saturated carbocycles. The van der Waals surface area contributed by atoms with Gasteiger partial charge in [-0.2, -0.15) is 11.8 Å². The summed E-state index contributed by atoms with van der Waals surface area (Å²) < 4.78 is 12.6. The lowest BCUT2D eigenvalue weighted by molar-refractivity contribution is -0.137. The third-order valence-corrected chi connectivity index (χ3v) is 3.23. The first-order valence-electron chi connectivity index (χ1n) is 5.22. The van der Waals surface area contributed by atoms with E-state index in [0.29, 0.717) is 0 Å². The number of hydrogen-bond donors (Lipinski definition) is 1. The van der Waals surface area contributed by atoms with Crippen LogP contribution in [0.5, 0.6) is 0 Å². The van der Waals surface area contributed by atoms with Crippen LogP contribution in [0.2, 0.25) is 0 Å². The van der Waals surface area contributed by atoms with Crippen molar-refractivity contribution in [3.05, 3.63) is 35.6 Å². The fraction of sp³-hybridized carbons (Fsp3) is 0.417. The van der Waals surface area contributed by atoms with Crippen molar-refractivity contribution in [1.82, 2.24) is 0 Å². The summed E-state index contributed by atoms with van der Waals surface area (Å²) in [5.41, 5.74) is 1.10. The quantitative estimate of drug-likeness (QED) is 0.745. The first-order chi connectivity index (χ1) is 7.68. The van der Waals surface area contributed by atoms with Gasteiger partial charge in [0.2, 0.25) is 0 Å². The van der Waals surface area contributed by atoms with Crippen LogP contribution in [0.1, 0.15) is 24.8 Å². The molecule has 0 radical (unpaired) electrons. The maximum atomic E-state index is 12.6. The lowest BCUT2D eigenvalue weighted by Crippen LogP contribution is -1.94. The van der Waals surface area contributed by atoms with Gasteiger partial charge in [-0.1, -0.05) is 12.1 Å². The van der Waals surface area contributed by atoms with E-state index >= 15 is 0 Å². The molecule has 1 aromatic rings. The summed E-state index contributed by atoms with van der Waals surface area (Å²) >= 11 is 1.75. The Morgan fingerprint density at radius 1 is 1.25 bits per heavy atom. The molecule has 4 heteroatoms. The molecule has 16 heavy (non-hydrogen) atoms. The summed E-state index contributed by atoms with van der Waals surface area (Å²) in [5, 5.41) is 8.43. The molecule has 0 heterocycles. The third kappa shape index (κ3) is 5.75. The fourth-order valence-corrected chi connectivity index (χ4v) is 2.23. The van der Waals surface area contributed by atoms with E-state index in [2.05, 4.69) is 0 Å². The topological polar surface area (TPSA) is 37.3 Å². The highest BCUT2D eigenvalue weighted by Crippen LogP contribution is 2.14. The SMILES string of the molecule is O=C(O)CCCCSCc1ccc(F)cc1. The average Bonchev–Trinajstić information content (AvgIpc) is 2.25. The van der Waals surface area contributed by atoms with Gasteiger partial charge in [-0.15, -0.1) is 0 Å². The minimum absolute atomic E-state index is 0.213. The summed E-state index contributed by atoms with van der Waals surface area (Å²) in [6, 6.07) is 6.47. The molecule has 0 amide bonds. The lowest BCUT2D eigenvalue weighted by Gasteiger charge is -2.01. The van der Waals surface area contributed by atoms with Crippen LogP contribution in [0, 0.1) is 5.82 Å². The van der Waals surface area contributed by atoms with E-state index in [1.807, 2.05) is 0 Å². The van der Waals surface area contributed by atoms with Crippen LogP contribution in [-0.4, -0.2) is 16.8 Å². The molecule has 88 valence electrons. The van der Waals surface area contributed by atoms with Crippen LogP contribution in [-0.2, 0) is 10.5 Å². The van der Waals surface area contributed by atoms with Crippen LogP contribution in [0.3, 0.4) is 0 Å². The van der Waals surface area contributed by atoms with Crippen molar-refractivity contribution in [2.45, 2.75) is 25.0 Å².